The van der Waals surface area contributed by atoms with E-state index in [2.05, 4.69) is 9.98 Å². The van der Waals surface area contributed by atoms with Crippen LogP contribution in [0.3, 0.4) is 0 Å². The first-order valence-electron chi connectivity index (χ1n) is 3.89. The van der Waals surface area contributed by atoms with Gasteiger partial charge in [0.05, 0.1) is 6.33 Å². The number of hydrogen-bond acceptors (Lipinski definition) is 3. The van der Waals surface area contributed by atoms with E-state index in [1.807, 2.05) is 6.07 Å². The topological polar surface area (TPSA) is 57.2 Å². The van der Waals surface area contributed by atoms with Crippen LogP contribution in [-0.4, -0.2) is 33.8 Å². The van der Waals surface area contributed by atoms with Crippen molar-refractivity contribution >= 4 is 22.7 Å². The van der Waals surface area contributed by atoms with E-state index in [1.54, 1.807) is 30.6 Å². The predicted octanol–water partition coefficient (Wildman–Crippen LogP) is 1.08. The highest BCUT2D eigenvalue weighted by molar-refractivity contribution is 6.64. The van der Waals surface area contributed by atoms with Gasteiger partial charge >= 0.3 is 0 Å². The van der Waals surface area contributed by atoms with Crippen LogP contribution in [0.2, 0.25) is 0 Å². The molecule has 1 heterocycles. The molecule has 1 aromatic heterocycles. The maximum Gasteiger partial charge on any atom is 0.200 e. The van der Waals surface area contributed by atoms with E-state index in [0.29, 0.717) is 11.1 Å². The Labute approximate surface area is 87.2 Å². The van der Waals surface area contributed by atoms with Crippen LogP contribution < -0.4 is 0 Å². The van der Waals surface area contributed by atoms with Gasteiger partial charge in [0, 0.05) is 21.1 Å². The number of aryl methyl sites for hydroxylation is 1. The van der Waals surface area contributed by atoms with Gasteiger partial charge in [0.25, 0.3) is 0 Å². The SMILES string of the molecule is CN(C)/C(Cl)=N/c1c(C#N)ncn1C. The van der Waals surface area contributed by atoms with Crippen molar-refractivity contribution in [1.82, 2.24) is 14.5 Å². The summed E-state index contributed by atoms with van der Waals surface area (Å²) < 4.78 is 1.64. The largest absolute Gasteiger partial charge is 0.353 e. The number of amidine groups is 1. The van der Waals surface area contributed by atoms with E-state index in [9.17, 15) is 0 Å². The van der Waals surface area contributed by atoms with Crippen LogP contribution in [-0.2, 0) is 7.05 Å². The van der Waals surface area contributed by atoms with Crippen LogP contribution in [0, 0.1) is 11.3 Å². The lowest BCUT2D eigenvalue weighted by Gasteiger charge is -2.08. The van der Waals surface area contributed by atoms with Crippen LogP contribution in [0.5, 0.6) is 0 Å². The molecule has 0 radical (unpaired) electrons. The molecule has 0 aliphatic rings. The normalized spacial score (nSPS) is 11.2. The van der Waals surface area contributed by atoms with E-state index >= 15 is 0 Å². The van der Waals surface area contributed by atoms with Crippen molar-refractivity contribution in [1.29, 1.82) is 5.26 Å². The summed E-state index contributed by atoms with van der Waals surface area (Å²) in [6.07, 6.45) is 1.53. The molecule has 0 amide bonds. The van der Waals surface area contributed by atoms with E-state index in [4.69, 9.17) is 16.9 Å². The summed E-state index contributed by atoms with van der Waals surface area (Å²) >= 11 is 5.83. The Bertz CT molecular complexity index is 398. The lowest BCUT2D eigenvalue weighted by atomic mass is 10.5. The smallest absolute Gasteiger partial charge is 0.200 e. The zero-order valence-electron chi connectivity index (χ0n) is 8.19. The summed E-state index contributed by atoms with van der Waals surface area (Å²) in [6, 6.07) is 1.94. The molecule has 0 atom stereocenters. The number of hydrogen-bond donors (Lipinski definition) is 0. The van der Waals surface area contributed by atoms with E-state index in [1.165, 1.54) is 6.33 Å². The molecule has 0 saturated carbocycles. The van der Waals surface area contributed by atoms with Gasteiger partial charge in [0.2, 0.25) is 0 Å². The molecule has 0 aliphatic heterocycles. The summed E-state index contributed by atoms with van der Waals surface area (Å²) in [5.74, 6) is 0.464. The standard InChI is InChI=1S/C8H10ClN5/c1-13(2)8(9)12-7-6(4-10)11-5-14(7)3/h5H,1-3H3/b12-8+. The third kappa shape index (κ3) is 2.03. The number of aromatic nitrogens is 2. The minimum atomic E-state index is 0.271. The number of imidazole rings is 1. The third-order valence-electron chi connectivity index (χ3n) is 1.58. The van der Waals surface area contributed by atoms with E-state index in [-0.39, 0.29) is 5.69 Å². The van der Waals surface area contributed by atoms with Gasteiger partial charge in [0.15, 0.2) is 16.8 Å². The van der Waals surface area contributed by atoms with Gasteiger partial charge in [-0.15, -0.1) is 0 Å². The summed E-state index contributed by atoms with van der Waals surface area (Å²) in [6.45, 7) is 0. The summed E-state index contributed by atoms with van der Waals surface area (Å²) in [7, 11) is 5.30. The molecule has 0 aliphatic carbocycles. The molecule has 0 spiro atoms. The second kappa shape index (κ2) is 4.11. The van der Waals surface area contributed by atoms with Gasteiger partial charge in [-0.25, -0.2) is 4.98 Å². The molecule has 5 nitrogen and oxygen atoms in total. The Morgan fingerprint density at radius 2 is 2.36 bits per heavy atom. The van der Waals surface area contributed by atoms with Crippen molar-refractivity contribution < 1.29 is 0 Å². The van der Waals surface area contributed by atoms with Gasteiger partial charge in [-0.2, -0.15) is 10.3 Å². The van der Waals surface area contributed by atoms with Crippen LogP contribution in [0.4, 0.5) is 5.82 Å². The van der Waals surface area contributed by atoms with Crippen LogP contribution >= 0.6 is 11.6 Å². The van der Waals surface area contributed by atoms with Gasteiger partial charge in [-0.05, 0) is 11.6 Å². The van der Waals surface area contributed by atoms with Crippen LogP contribution in [0.15, 0.2) is 11.3 Å². The molecule has 6 heteroatoms. The van der Waals surface area contributed by atoms with Crippen molar-refractivity contribution in [2.75, 3.05) is 14.1 Å². The quantitative estimate of drug-likeness (QED) is 0.397. The fourth-order valence-electron chi connectivity index (χ4n) is 0.822. The zero-order chi connectivity index (χ0) is 10.7. The van der Waals surface area contributed by atoms with Crippen molar-refractivity contribution in [3.63, 3.8) is 0 Å². The van der Waals surface area contributed by atoms with Crippen molar-refractivity contribution in [2.45, 2.75) is 0 Å². The molecule has 0 fully saturated rings. The molecule has 0 aromatic carbocycles. The molecule has 1 rings (SSSR count). The molecule has 74 valence electrons. The van der Waals surface area contributed by atoms with Crippen molar-refractivity contribution in [3.05, 3.63) is 12.0 Å². The molecule has 0 saturated heterocycles. The average Bonchev–Trinajstić information content (AvgIpc) is 2.47. The minimum Gasteiger partial charge on any atom is -0.353 e. The van der Waals surface area contributed by atoms with Crippen LogP contribution in [0.1, 0.15) is 5.69 Å². The summed E-state index contributed by atoms with van der Waals surface area (Å²) in [5, 5.41) is 9.04. The summed E-state index contributed by atoms with van der Waals surface area (Å²) in [4.78, 5) is 9.59. The Balaban J connectivity index is 3.14. The fraction of sp³-hybridized carbons (Fsp3) is 0.375. The van der Waals surface area contributed by atoms with Crippen molar-refractivity contribution in [2.24, 2.45) is 12.0 Å². The van der Waals surface area contributed by atoms with E-state index in [0.717, 1.165) is 0 Å². The maximum absolute atomic E-state index is 8.73. The second-order valence-corrected chi connectivity index (χ2v) is 3.25. The molecular weight excluding hydrogens is 202 g/mol. The minimum absolute atomic E-state index is 0.271. The Kier molecular flexibility index (Phi) is 3.10. The lowest BCUT2D eigenvalue weighted by Crippen LogP contribution is -2.15. The molecule has 0 N–H and O–H groups in total. The Hall–Kier alpha value is -1.54. The Morgan fingerprint density at radius 1 is 1.71 bits per heavy atom. The second-order valence-electron chi connectivity index (χ2n) is 2.91. The Morgan fingerprint density at radius 3 is 2.86 bits per heavy atom. The summed E-state index contributed by atoms with van der Waals surface area (Å²) in [5.41, 5.74) is 0.271. The number of rotatable bonds is 1. The highest BCUT2D eigenvalue weighted by Gasteiger charge is 2.08. The van der Waals surface area contributed by atoms with Crippen LogP contribution in [0.25, 0.3) is 0 Å². The molecule has 14 heavy (non-hydrogen) atoms. The first-order chi connectivity index (χ1) is 6.56. The van der Waals surface area contributed by atoms with Gasteiger partial charge < -0.3 is 9.47 Å². The third-order valence-corrected chi connectivity index (χ3v) is 2.00. The fourth-order valence-corrected chi connectivity index (χ4v) is 0.902. The lowest BCUT2D eigenvalue weighted by molar-refractivity contribution is 0.634. The zero-order valence-corrected chi connectivity index (χ0v) is 8.95. The number of nitriles is 1. The van der Waals surface area contributed by atoms with Crippen molar-refractivity contribution in [3.8, 4) is 6.07 Å². The van der Waals surface area contributed by atoms with E-state index < -0.39 is 0 Å². The first-order valence-corrected chi connectivity index (χ1v) is 4.27. The highest BCUT2D eigenvalue weighted by Crippen LogP contribution is 2.16. The number of halogens is 1. The average molecular weight is 212 g/mol. The maximum atomic E-state index is 8.73. The van der Waals surface area contributed by atoms with Gasteiger partial charge in [-0.1, -0.05) is 0 Å². The van der Waals surface area contributed by atoms with Gasteiger partial charge in [0.1, 0.15) is 6.07 Å². The number of nitrogens with zero attached hydrogens (tertiary/aromatic N) is 5. The van der Waals surface area contributed by atoms with Gasteiger partial charge in [-0.3, -0.25) is 0 Å². The molecular formula is C8H10ClN5. The molecule has 0 unspecified atom stereocenters. The highest BCUT2D eigenvalue weighted by atomic mass is 35.5. The predicted molar refractivity (Wildman–Crippen MR) is 54.6 cm³/mol. The first kappa shape index (κ1) is 10.5. The molecule has 0 bridgehead atoms. The number of aliphatic imine (C=N–C) groups is 1. The molecule has 1 aromatic rings. The monoisotopic (exact) mass is 211 g/mol.